The van der Waals surface area contributed by atoms with Crippen LogP contribution in [0.5, 0.6) is 0 Å². The van der Waals surface area contributed by atoms with Crippen LogP contribution in [0.15, 0.2) is 0 Å². The molecular formula is C12H26O2Si. The summed E-state index contributed by atoms with van der Waals surface area (Å²) in [5.74, 6) is -0.00986. The van der Waals surface area contributed by atoms with Crippen LogP contribution >= 0.6 is 0 Å². The van der Waals surface area contributed by atoms with E-state index in [0.717, 1.165) is 18.9 Å². The molecule has 0 saturated carbocycles. The predicted octanol–water partition coefficient (Wildman–Crippen LogP) is 3.84. The fourth-order valence-corrected chi connectivity index (χ4v) is 1.95. The summed E-state index contributed by atoms with van der Waals surface area (Å²) in [4.78, 5) is 11.3. The van der Waals surface area contributed by atoms with Crippen LogP contribution in [0, 0.1) is 0 Å². The second-order valence-corrected chi connectivity index (χ2v) is 11.0. The fraction of sp³-hybridized carbons (Fsp3) is 0.917. The van der Waals surface area contributed by atoms with Crippen molar-refractivity contribution in [2.75, 3.05) is 6.61 Å². The molecule has 0 aromatic carbocycles. The molecule has 0 saturated heterocycles. The van der Waals surface area contributed by atoms with Crippen LogP contribution in [0.2, 0.25) is 25.7 Å². The number of unbranched alkanes of at least 4 members (excludes halogenated alkanes) is 3. The third kappa shape index (κ3) is 11.6. The van der Waals surface area contributed by atoms with Gasteiger partial charge in [0.15, 0.2) is 0 Å². The Kier molecular flexibility index (Phi) is 7.75. The monoisotopic (exact) mass is 230 g/mol. The molecule has 15 heavy (non-hydrogen) atoms. The largest absolute Gasteiger partial charge is 0.466 e. The van der Waals surface area contributed by atoms with Crippen LogP contribution in [-0.4, -0.2) is 20.7 Å². The molecule has 0 unspecified atom stereocenters. The highest BCUT2D eigenvalue weighted by atomic mass is 28.3. The van der Waals surface area contributed by atoms with E-state index >= 15 is 0 Å². The third-order valence-corrected chi connectivity index (χ3v) is 4.05. The van der Waals surface area contributed by atoms with E-state index in [1.807, 2.05) is 0 Å². The molecule has 0 amide bonds. The lowest BCUT2D eigenvalue weighted by Crippen LogP contribution is -2.22. The minimum atomic E-state index is -1.05. The molecule has 0 rings (SSSR count). The maximum absolute atomic E-state index is 11.3. The average molecular weight is 230 g/mol. The van der Waals surface area contributed by atoms with Gasteiger partial charge in [0.05, 0.1) is 6.61 Å². The van der Waals surface area contributed by atoms with Crippen LogP contribution in [0.4, 0.5) is 0 Å². The van der Waals surface area contributed by atoms with Gasteiger partial charge in [-0.2, -0.15) is 0 Å². The quantitative estimate of drug-likeness (QED) is 0.360. The van der Waals surface area contributed by atoms with E-state index in [9.17, 15) is 4.79 Å². The number of ether oxygens (including phenoxy) is 1. The summed E-state index contributed by atoms with van der Waals surface area (Å²) in [6.07, 6.45) is 5.18. The van der Waals surface area contributed by atoms with Crippen molar-refractivity contribution in [3.05, 3.63) is 0 Å². The second kappa shape index (κ2) is 7.91. The van der Waals surface area contributed by atoms with Gasteiger partial charge in [-0.15, -0.1) is 0 Å². The maximum Gasteiger partial charge on any atom is 0.305 e. The normalized spacial score (nSPS) is 11.5. The number of hydrogen-bond donors (Lipinski definition) is 0. The molecule has 0 heterocycles. The molecule has 0 aliphatic carbocycles. The number of carbonyl (C=O) groups is 1. The predicted molar refractivity (Wildman–Crippen MR) is 67.9 cm³/mol. The van der Waals surface area contributed by atoms with E-state index in [1.165, 1.54) is 12.8 Å². The summed E-state index contributed by atoms with van der Waals surface area (Å²) in [7, 11) is -1.05. The topological polar surface area (TPSA) is 26.3 Å². The van der Waals surface area contributed by atoms with Crippen LogP contribution in [-0.2, 0) is 9.53 Å². The number of carbonyl (C=O) groups excluding carboxylic acids is 1. The van der Waals surface area contributed by atoms with E-state index < -0.39 is 8.07 Å². The Morgan fingerprint density at radius 3 is 2.33 bits per heavy atom. The molecule has 0 aromatic heterocycles. The van der Waals surface area contributed by atoms with Crippen molar-refractivity contribution in [3.8, 4) is 0 Å². The Bertz CT molecular complexity index is 173. The number of esters is 1. The van der Waals surface area contributed by atoms with Crippen LogP contribution < -0.4 is 0 Å². The smallest absolute Gasteiger partial charge is 0.305 e. The standard InChI is InChI=1S/C12H26O2Si/c1-5-6-7-8-9-12(13)14-10-11-15(2,3)4/h5-11H2,1-4H3. The minimum absolute atomic E-state index is 0.00986. The molecule has 0 aliphatic rings. The van der Waals surface area contributed by atoms with Crippen molar-refractivity contribution in [3.63, 3.8) is 0 Å². The Balaban J connectivity index is 3.34. The molecule has 0 atom stereocenters. The first-order chi connectivity index (χ1) is 6.95. The van der Waals surface area contributed by atoms with Gasteiger partial charge in [-0.1, -0.05) is 45.8 Å². The van der Waals surface area contributed by atoms with Gasteiger partial charge >= 0.3 is 5.97 Å². The van der Waals surface area contributed by atoms with E-state index in [-0.39, 0.29) is 5.97 Å². The van der Waals surface area contributed by atoms with Crippen molar-refractivity contribution in [1.29, 1.82) is 0 Å². The number of hydrogen-bond acceptors (Lipinski definition) is 2. The molecule has 2 nitrogen and oxygen atoms in total. The maximum atomic E-state index is 11.3. The van der Waals surface area contributed by atoms with Crippen LogP contribution in [0.3, 0.4) is 0 Å². The summed E-state index contributed by atoms with van der Waals surface area (Å²) in [5.41, 5.74) is 0. The highest BCUT2D eigenvalue weighted by Gasteiger charge is 2.13. The van der Waals surface area contributed by atoms with Gasteiger partial charge in [0.2, 0.25) is 0 Å². The molecular weight excluding hydrogens is 204 g/mol. The van der Waals surface area contributed by atoms with Gasteiger partial charge in [-0.05, 0) is 12.5 Å². The van der Waals surface area contributed by atoms with Crippen molar-refractivity contribution >= 4 is 14.0 Å². The van der Waals surface area contributed by atoms with E-state index in [0.29, 0.717) is 13.0 Å². The van der Waals surface area contributed by atoms with Crippen molar-refractivity contribution in [2.45, 2.75) is 64.7 Å². The van der Waals surface area contributed by atoms with Crippen molar-refractivity contribution < 1.29 is 9.53 Å². The molecule has 3 heteroatoms. The van der Waals surface area contributed by atoms with Crippen LogP contribution in [0.25, 0.3) is 0 Å². The molecule has 0 fully saturated rings. The highest BCUT2D eigenvalue weighted by molar-refractivity contribution is 6.76. The zero-order valence-corrected chi connectivity index (χ0v) is 11.8. The fourth-order valence-electron chi connectivity index (χ4n) is 1.24. The van der Waals surface area contributed by atoms with E-state index in [1.54, 1.807) is 0 Å². The lowest BCUT2D eigenvalue weighted by Gasteiger charge is -2.15. The number of rotatable bonds is 8. The first kappa shape index (κ1) is 14.7. The zero-order chi connectivity index (χ0) is 11.7. The first-order valence-electron chi connectivity index (χ1n) is 6.11. The molecule has 0 N–H and O–H groups in total. The Hall–Kier alpha value is -0.313. The highest BCUT2D eigenvalue weighted by Crippen LogP contribution is 2.09. The Morgan fingerprint density at radius 2 is 1.80 bits per heavy atom. The molecule has 0 aromatic rings. The molecule has 90 valence electrons. The Labute approximate surface area is 95.4 Å². The van der Waals surface area contributed by atoms with E-state index in [4.69, 9.17) is 4.74 Å². The van der Waals surface area contributed by atoms with Gasteiger partial charge in [0.1, 0.15) is 0 Å². The van der Waals surface area contributed by atoms with Crippen LogP contribution in [0.1, 0.15) is 39.0 Å². The first-order valence-corrected chi connectivity index (χ1v) is 9.82. The molecule has 0 aliphatic heterocycles. The zero-order valence-electron chi connectivity index (χ0n) is 10.8. The molecule has 0 bridgehead atoms. The summed E-state index contributed by atoms with van der Waals surface area (Å²) < 4.78 is 5.19. The molecule has 0 radical (unpaired) electrons. The third-order valence-electron chi connectivity index (χ3n) is 2.35. The molecule has 0 spiro atoms. The van der Waals surface area contributed by atoms with Gasteiger partial charge in [0, 0.05) is 14.5 Å². The van der Waals surface area contributed by atoms with Gasteiger partial charge < -0.3 is 4.74 Å². The van der Waals surface area contributed by atoms with Gasteiger partial charge in [-0.25, -0.2) is 0 Å². The van der Waals surface area contributed by atoms with Crippen molar-refractivity contribution in [1.82, 2.24) is 0 Å². The summed E-state index contributed by atoms with van der Waals surface area (Å²) in [6.45, 7) is 9.68. The van der Waals surface area contributed by atoms with Gasteiger partial charge in [-0.3, -0.25) is 4.79 Å². The Morgan fingerprint density at radius 1 is 1.13 bits per heavy atom. The lowest BCUT2D eigenvalue weighted by molar-refractivity contribution is -0.143. The van der Waals surface area contributed by atoms with Gasteiger partial charge in [0.25, 0.3) is 0 Å². The lowest BCUT2D eigenvalue weighted by atomic mass is 10.2. The average Bonchev–Trinajstić information content (AvgIpc) is 2.10. The van der Waals surface area contributed by atoms with Crippen molar-refractivity contribution in [2.24, 2.45) is 0 Å². The summed E-state index contributed by atoms with van der Waals surface area (Å²) >= 11 is 0. The SMILES string of the molecule is CCCCCCC(=O)OCC[Si](C)(C)C. The second-order valence-electron chi connectivity index (χ2n) is 5.34. The summed E-state index contributed by atoms with van der Waals surface area (Å²) in [5, 5.41) is 0. The summed E-state index contributed by atoms with van der Waals surface area (Å²) in [6, 6.07) is 1.08. The minimum Gasteiger partial charge on any atom is -0.466 e. The van der Waals surface area contributed by atoms with E-state index in [2.05, 4.69) is 26.6 Å².